The zero-order valence-electron chi connectivity index (χ0n) is 16.4. The average Bonchev–Trinajstić information content (AvgIpc) is 2.68. The van der Waals surface area contributed by atoms with Crippen molar-refractivity contribution < 1.29 is 26.5 Å². The van der Waals surface area contributed by atoms with Crippen LogP contribution in [0.4, 0.5) is 29.2 Å². The Labute approximate surface area is 176 Å². The van der Waals surface area contributed by atoms with Gasteiger partial charge in [-0.3, -0.25) is 9.35 Å². The molecule has 3 aromatic rings. The topological polar surface area (TPSA) is 90.1 Å². The Morgan fingerprint density at radius 2 is 1.87 bits per heavy atom. The maximum atomic E-state index is 14.4. The number of rotatable bonds is 6. The molecule has 2 heterocycles. The number of nitrogens with two attached hydrogens (primary N) is 1. The molecule has 0 spiro atoms. The third kappa shape index (κ3) is 5.70. The standard InChI is InChI=1S/C20H18F4N4O2S/c1-30-17-7-12(21)3-4-13(17)14-8-18(26-9-15(14)22)28-19-6-11(10-31(2,25)29)5-16(27-19)20(23)24/h3-10,20H,1-2H3,(H2,25,29)(H,26,27,28). The van der Waals surface area contributed by atoms with E-state index in [-0.39, 0.29) is 34.1 Å². The Balaban J connectivity index is 2.05. The minimum Gasteiger partial charge on any atom is -0.496 e. The molecule has 0 bridgehead atoms. The molecular weight excluding hydrogens is 436 g/mol. The van der Waals surface area contributed by atoms with Crippen LogP contribution < -0.4 is 15.2 Å². The van der Waals surface area contributed by atoms with Crippen molar-refractivity contribution >= 4 is 26.7 Å². The van der Waals surface area contributed by atoms with Crippen LogP contribution in [0.3, 0.4) is 0 Å². The van der Waals surface area contributed by atoms with E-state index >= 15 is 0 Å². The Kier molecular flexibility index (Phi) is 6.46. The summed E-state index contributed by atoms with van der Waals surface area (Å²) in [7, 11) is -1.54. The second kappa shape index (κ2) is 8.90. The Morgan fingerprint density at radius 3 is 2.52 bits per heavy atom. The monoisotopic (exact) mass is 454 g/mol. The first-order valence-corrected chi connectivity index (χ1v) is 10.8. The van der Waals surface area contributed by atoms with Crippen molar-refractivity contribution in [1.29, 1.82) is 0 Å². The fraction of sp³-hybridized carbons (Fsp3) is 0.150. The zero-order valence-corrected chi connectivity index (χ0v) is 17.2. The van der Waals surface area contributed by atoms with Crippen molar-refractivity contribution in [2.24, 2.45) is 5.14 Å². The first-order chi connectivity index (χ1) is 14.6. The van der Waals surface area contributed by atoms with Gasteiger partial charge in [0.25, 0.3) is 6.43 Å². The molecule has 11 heteroatoms. The smallest absolute Gasteiger partial charge is 0.280 e. The van der Waals surface area contributed by atoms with Crippen LogP contribution >= 0.6 is 0 Å². The third-order valence-electron chi connectivity index (χ3n) is 4.03. The maximum absolute atomic E-state index is 14.4. The van der Waals surface area contributed by atoms with Gasteiger partial charge in [0.15, 0.2) is 0 Å². The number of halogens is 4. The van der Waals surface area contributed by atoms with Crippen LogP contribution in [0.1, 0.15) is 17.7 Å². The largest absolute Gasteiger partial charge is 0.496 e. The van der Waals surface area contributed by atoms with E-state index in [0.717, 1.165) is 29.8 Å². The summed E-state index contributed by atoms with van der Waals surface area (Å²) >= 11 is 0. The lowest BCUT2D eigenvalue weighted by atomic mass is 10.0. The molecule has 0 saturated carbocycles. The number of alkyl halides is 2. The highest BCUT2D eigenvalue weighted by molar-refractivity contribution is 7.98. The summed E-state index contributed by atoms with van der Waals surface area (Å²) in [5.41, 5.74) is -0.0820. The molecule has 6 nitrogen and oxygen atoms in total. The Bertz CT molecular complexity index is 1240. The van der Waals surface area contributed by atoms with Gasteiger partial charge in [-0.05, 0) is 35.9 Å². The SMILES string of the molecule is COc1cc(F)ccc1-c1cc(Nc2cc(C=S(C)(N)=O)cc(C(F)F)n2)ncc1F. The predicted octanol–water partition coefficient (Wildman–Crippen LogP) is 4.05. The number of aromatic nitrogens is 2. The van der Waals surface area contributed by atoms with E-state index in [1.807, 2.05) is 0 Å². The summed E-state index contributed by atoms with van der Waals surface area (Å²) in [6, 6.07) is 7.32. The van der Waals surface area contributed by atoms with E-state index in [4.69, 9.17) is 9.88 Å². The number of hydrogen-bond donors (Lipinski definition) is 2. The maximum Gasteiger partial charge on any atom is 0.280 e. The van der Waals surface area contributed by atoms with Crippen molar-refractivity contribution in [1.82, 2.24) is 9.97 Å². The molecule has 1 atom stereocenters. The number of nitrogens with one attached hydrogen (secondary N) is 1. The van der Waals surface area contributed by atoms with Gasteiger partial charge >= 0.3 is 0 Å². The molecule has 1 unspecified atom stereocenters. The van der Waals surface area contributed by atoms with Crippen LogP contribution in [0, 0.1) is 11.6 Å². The van der Waals surface area contributed by atoms with Gasteiger partial charge in [0.05, 0.1) is 13.3 Å². The molecule has 1 aromatic carbocycles. The molecule has 2 aromatic heterocycles. The zero-order chi connectivity index (χ0) is 22.8. The van der Waals surface area contributed by atoms with Gasteiger partial charge in [-0.2, -0.15) is 0 Å². The Hall–Kier alpha value is -3.18. The predicted molar refractivity (Wildman–Crippen MR) is 112 cm³/mol. The van der Waals surface area contributed by atoms with Crippen LogP contribution in [0.15, 0.2) is 42.6 Å². The molecule has 0 saturated heterocycles. The van der Waals surface area contributed by atoms with Gasteiger partial charge < -0.3 is 10.1 Å². The van der Waals surface area contributed by atoms with Crippen molar-refractivity contribution in [3.05, 3.63) is 65.5 Å². The van der Waals surface area contributed by atoms with E-state index in [0.29, 0.717) is 0 Å². The van der Waals surface area contributed by atoms with Gasteiger partial charge in [-0.15, -0.1) is 0 Å². The molecule has 0 aliphatic rings. The number of nitrogens with zero attached hydrogens (tertiary/aromatic N) is 2. The second-order valence-corrected chi connectivity index (χ2v) is 8.78. The summed E-state index contributed by atoms with van der Waals surface area (Å²) in [6.45, 7) is 0. The minimum atomic E-state index is -2.89. The first kappa shape index (κ1) is 22.5. The lowest BCUT2D eigenvalue weighted by molar-refractivity contribution is 0.146. The van der Waals surface area contributed by atoms with Crippen molar-refractivity contribution in [3.63, 3.8) is 0 Å². The summed E-state index contributed by atoms with van der Waals surface area (Å²) in [5, 5.41) is 9.36. The number of methoxy groups -OCH3 is 1. The van der Waals surface area contributed by atoms with Gasteiger partial charge in [0.1, 0.15) is 34.7 Å². The summed E-state index contributed by atoms with van der Waals surface area (Å²) < 4.78 is 71.3. The quantitative estimate of drug-likeness (QED) is 0.433. The number of pyridine rings is 2. The fourth-order valence-corrected chi connectivity index (χ4v) is 3.50. The molecule has 164 valence electrons. The highest BCUT2D eigenvalue weighted by Gasteiger charge is 2.15. The lowest BCUT2D eigenvalue weighted by Gasteiger charge is -2.12. The molecule has 0 aliphatic heterocycles. The first-order valence-electron chi connectivity index (χ1n) is 8.74. The third-order valence-corrected chi connectivity index (χ3v) is 4.77. The molecule has 3 rings (SSSR count). The lowest BCUT2D eigenvalue weighted by Crippen LogP contribution is -2.13. The summed E-state index contributed by atoms with van der Waals surface area (Å²) in [4.78, 5) is 7.70. The van der Waals surface area contributed by atoms with Crippen LogP contribution in [-0.4, -0.2) is 32.9 Å². The van der Waals surface area contributed by atoms with Gasteiger partial charge in [0, 0.05) is 38.5 Å². The van der Waals surface area contributed by atoms with Crippen LogP contribution in [0.25, 0.3) is 11.1 Å². The highest BCUT2D eigenvalue weighted by atomic mass is 32.2. The summed E-state index contributed by atoms with van der Waals surface area (Å²) in [6.07, 6.45) is -0.713. The van der Waals surface area contributed by atoms with Crippen molar-refractivity contribution in [2.75, 3.05) is 18.7 Å². The molecule has 0 fully saturated rings. The van der Waals surface area contributed by atoms with Gasteiger partial charge in [-0.1, -0.05) is 0 Å². The number of anilines is 2. The molecule has 3 N–H and O–H groups in total. The van der Waals surface area contributed by atoms with Crippen LogP contribution in [-0.2, 0) is 9.71 Å². The second-order valence-electron chi connectivity index (χ2n) is 6.61. The van der Waals surface area contributed by atoms with Gasteiger partial charge in [0.2, 0.25) is 0 Å². The summed E-state index contributed by atoms with van der Waals surface area (Å²) in [5.74, 6) is -1.11. The van der Waals surface area contributed by atoms with E-state index < -0.39 is 33.5 Å². The average molecular weight is 454 g/mol. The van der Waals surface area contributed by atoms with Crippen molar-refractivity contribution in [3.8, 4) is 16.9 Å². The van der Waals surface area contributed by atoms with Crippen LogP contribution in [0.2, 0.25) is 0 Å². The van der Waals surface area contributed by atoms with E-state index in [1.165, 1.54) is 31.6 Å². The van der Waals surface area contributed by atoms with Crippen LogP contribution in [0.5, 0.6) is 5.75 Å². The fourth-order valence-electron chi connectivity index (χ4n) is 2.82. The highest BCUT2D eigenvalue weighted by Crippen LogP contribution is 2.34. The van der Waals surface area contributed by atoms with Gasteiger partial charge in [-0.25, -0.2) is 27.5 Å². The van der Waals surface area contributed by atoms with E-state index in [2.05, 4.69) is 15.3 Å². The number of benzene rings is 1. The molecule has 0 radical (unpaired) electrons. The molecule has 0 aliphatic carbocycles. The molecular formula is C20H18F4N4O2S. The molecule has 0 amide bonds. The molecule has 31 heavy (non-hydrogen) atoms. The minimum absolute atomic E-state index is 0.0381. The number of hydrogen-bond acceptors (Lipinski definition) is 5. The number of ether oxygens (including phenoxy) is 1. The van der Waals surface area contributed by atoms with E-state index in [1.54, 1.807) is 0 Å². The Morgan fingerprint density at radius 1 is 1.13 bits per heavy atom. The van der Waals surface area contributed by atoms with E-state index in [9.17, 15) is 21.8 Å². The normalized spacial score (nSPS) is 13.0. The van der Waals surface area contributed by atoms with Crippen molar-refractivity contribution in [2.45, 2.75) is 6.43 Å².